The third-order valence-corrected chi connectivity index (χ3v) is 4.20. The highest BCUT2D eigenvalue weighted by Gasteiger charge is 2.14. The van der Waals surface area contributed by atoms with Crippen LogP contribution in [0.25, 0.3) is 33.3 Å². The minimum Gasteiger partial charge on any atom is -0.346 e. The minimum absolute atomic E-state index is 0.0729. The zero-order chi connectivity index (χ0) is 16.7. The van der Waals surface area contributed by atoms with Gasteiger partial charge in [0.1, 0.15) is 17.8 Å². The van der Waals surface area contributed by atoms with Crippen molar-refractivity contribution in [2.24, 2.45) is 11.7 Å². The molecule has 0 unspecified atom stereocenters. The second kappa shape index (κ2) is 5.72. The Labute approximate surface area is 139 Å². The zero-order valence-corrected chi connectivity index (χ0v) is 13.7. The maximum absolute atomic E-state index is 6.25. The summed E-state index contributed by atoms with van der Waals surface area (Å²) in [5.41, 5.74) is 10.9. The van der Waals surface area contributed by atoms with E-state index in [0.717, 1.165) is 45.6 Å². The van der Waals surface area contributed by atoms with Crippen LogP contribution in [0.4, 0.5) is 0 Å². The molecule has 0 saturated heterocycles. The van der Waals surface area contributed by atoms with Crippen LogP contribution < -0.4 is 5.73 Å². The van der Waals surface area contributed by atoms with Crippen LogP contribution in [0.15, 0.2) is 36.8 Å². The summed E-state index contributed by atoms with van der Waals surface area (Å²) in [4.78, 5) is 19.8. The van der Waals surface area contributed by atoms with Crippen molar-refractivity contribution in [2.75, 3.05) is 0 Å². The largest absolute Gasteiger partial charge is 0.346 e. The van der Waals surface area contributed by atoms with Crippen molar-refractivity contribution in [2.45, 2.75) is 26.3 Å². The Hall–Kier alpha value is -2.73. The lowest BCUT2D eigenvalue weighted by molar-refractivity contribution is 0.496. The molecule has 1 aromatic carbocycles. The molecule has 0 saturated carbocycles. The molecule has 1 atom stereocenters. The number of rotatable bonds is 4. The lowest BCUT2D eigenvalue weighted by Crippen LogP contribution is -2.14. The fourth-order valence-electron chi connectivity index (χ4n) is 3.07. The summed E-state index contributed by atoms with van der Waals surface area (Å²) in [5.74, 6) is 1.37. The molecule has 0 aliphatic carbocycles. The van der Waals surface area contributed by atoms with Crippen molar-refractivity contribution >= 4 is 22.1 Å². The molecule has 0 fully saturated rings. The van der Waals surface area contributed by atoms with Gasteiger partial charge >= 0.3 is 0 Å². The lowest BCUT2D eigenvalue weighted by atomic mass is 10.0. The minimum atomic E-state index is -0.0729. The first-order chi connectivity index (χ1) is 11.6. The molecular weight excluding hydrogens is 300 g/mol. The van der Waals surface area contributed by atoms with E-state index in [1.165, 1.54) is 0 Å². The average molecular weight is 320 g/mol. The Morgan fingerprint density at radius 3 is 2.88 bits per heavy atom. The van der Waals surface area contributed by atoms with E-state index in [9.17, 15) is 0 Å². The predicted octanol–water partition coefficient (Wildman–Crippen LogP) is 3.55. The van der Waals surface area contributed by atoms with E-state index in [1.807, 2.05) is 24.4 Å². The molecule has 4 N–H and O–H groups in total. The first-order valence-corrected chi connectivity index (χ1v) is 8.15. The molecule has 0 aliphatic rings. The van der Waals surface area contributed by atoms with Gasteiger partial charge in [-0.2, -0.15) is 0 Å². The fraction of sp³-hybridized carbons (Fsp3) is 0.278. The van der Waals surface area contributed by atoms with Crippen LogP contribution in [0.5, 0.6) is 0 Å². The number of nitrogens with zero attached hydrogens (tertiary/aromatic N) is 3. The second-order valence-corrected chi connectivity index (χ2v) is 6.55. The van der Waals surface area contributed by atoms with Crippen molar-refractivity contribution in [1.82, 2.24) is 24.9 Å². The molecule has 0 spiro atoms. The number of nitrogens with one attached hydrogen (secondary N) is 2. The number of hydrogen-bond acceptors (Lipinski definition) is 4. The number of aromatic amines is 2. The van der Waals surface area contributed by atoms with E-state index in [-0.39, 0.29) is 6.04 Å². The van der Waals surface area contributed by atoms with Gasteiger partial charge in [0.2, 0.25) is 0 Å². The topological polar surface area (TPSA) is 96.3 Å². The number of fused-ring (bicyclic) bond motifs is 2. The standard InChI is InChI=1S/C18H20N6/c1-10(2)7-13(19)18-23-14-4-3-11(8-15(14)24-18)16-12-5-6-20-17(12)22-9-21-16/h3-6,8-10,13H,7,19H2,1-2H3,(H,23,24)(H,20,21,22)/t13-/m1/s1. The Kier molecular flexibility index (Phi) is 3.54. The van der Waals surface area contributed by atoms with Crippen molar-refractivity contribution < 1.29 is 0 Å². The van der Waals surface area contributed by atoms with E-state index in [1.54, 1.807) is 6.33 Å². The van der Waals surface area contributed by atoms with E-state index in [0.29, 0.717) is 5.92 Å². The van der Waals surface area contributed by atoms with E-state index in [2.05, 4.69) is 44.8 Å². The van der Waals surface area contributed by atoms with Gasteiger partial charge < -0.3 is 15.7 Å². The van der Waals surface area contributed by atoms with Crippen LogP contribution >= 0.6 is 0 Å². The van der Waals surface area contributed by atoms with Crippen LogP contribution in [-0.2, 0) is 0 Å². The number of H-pyrrole nitrogens is 2. The quantitative estimate of drug-likeness (QED) is 0.536. The SMILES string of the molecule is CC(C)C[C@@H](N)c1nc2ccc(-c3ncnc4[nH]ccc34)cc2[nH]1. The smallest absolute Gasteiger partial charge is 0.141 e. The lowest BCUT2D eigenvalue weighted by Gasteiger charge is -2.10. The maximum atomic E-state index is 6.25. The normalized spacial score (nSPS) is 13.2. The Balaban J connectivity index is 1.77. The zero-order valence-electron chi connectivity index (χ0n) is 13.7. The highest BCUT2D eigenvalue weighted by Crippen LogP contribution is 2.28. The molecule has 24 heavy (non-hydrogen) atoms. The van der Waals surface area contributed by atoms with Crippen LogP contribution in [0.3, 0.4) is 0 Å². The monoisotopic (exact) mass is 320 g/mol. The van der Waals surface area contributed by atoms with Crippen molar-refractivity contribution in [3.8, 4) is 11.3 Å². The summed E-state index contributed by atoms with van der Waals surface area (Å²) in [5, 5.41) is 1.01. The maximum Gasteiger partial charge on any atom is 0.141 e. The molecular formula is C18H20N6. The first-order valence-electron chi connectivity index (χ1n) is 8.15. The highest BCUT2D eigenvalue weighted by atomic mass is 15.0. The van der Waals surface area contributed by atoms with Gasteiger partial charge in [0, 0.05) is 17.1 Å². The van der Waals surface area contributed by atoms with Gasteiger partial charge in [-0.3, -0.25) is 0 Å². The van der Waals surface area contributed by atoms with Crippen molar-refractivity contribution in [3.05, 3.63) is 42.6 Å². The molecule has 6 nitrogen and oxygen atoms in total. The van der Waals surface area contributed by atoms with Crippen LogP contribution in [0.2, 0.25) is 0 Å². The summed E-state index contributed by atoms with van der Waals surface area (Å²) in [6.45, 7) is 4.33. The average Bonchev–Trinajstić information content (AvgIpc) is 3.19. The molecule has 4 aromatic rings. The molecule has 0 amide bonds. The second-order valence-electron chi connectivity index (χ2n) is 6.55. The van der Waals surface area contributed by atoms with Gasteiger partial charge in [0.25, 0.3) is 0 Å². The van der Waals surface area contributed by atoms with Crippen molar-refractivity contribution in [1.29, 1.82) is 0 Å². The summed E-state index contributed by atoms with van der Waals surface area (Å²) >= 11 is 0. The number of benzene rings is 1. The van der Waals surface area contributed by atoms with E-state index < -0.39 is 0 Å². The summed E-state index contributed by atoms with van der Waals surface area (Å²) in [6.07, 6.45) is 4.36. The molecule has 122 valence electrons. The Morgan fingerprint density at radius 2 is 2.04 bits per heavy atom. The van der Waals surface area contributed by atoms with Crippen LogP contribution in [0.1, 0.15) is 32.1 Å². The highest BCUT2D eigenvalue weighted by molar-refractivity contribution is 5.93. The van der Waals surface area contributed by atoms with Crippen LogP contribution in [-0.4, -0.2) is 24.9 Å². The molecule has 0 aliphatic heterocycles. The number of imidazole rings is 1. The van der Waals surface area contributed by atoms with Crippen molar-refractivity contribution in [3.63, 3.8) is 0 Å². The number of nitrogens with two attached hydrogens (primary N) is 1. The third kappa shape index (κ3) is 2.55. The van der Waals surface area contributed by atoms with Gasteiger partial charge in [0.15, 0.2) is 0 Å². The molecule has 3 heterocycles. The van der Waals surface area contributed by atoms with Gasteiger partial charge in [-0.05, 0) is 30.5 Å². The Bertz CT molecular complexity index is 997. The van der Waals surface area contributed by atoms with E-state index >= 15 is 0 Å². The number of aromatic nitrogens is 5. The predicted molar refractivity (Wildman–Crippen MR) is 95.4 cm³/mol. The third-order valence-electron chi connectivity index (χ3n) is 4.20. The van der Waals surface area contributed by atoms with Gasteiger partial charge in [0.05, 0.1) is 22.8 Å². The number of hydrogen-bond donors (Lipinski definition) is 3. The molecule has 0 bridgehead atoms. The molecule has 3 aromatic heterocycles. The molecule has 0 radical (unpaired) electrons. The van der Waals surface area contributed by atoms with Crippen LogP contribution in [0, 0.1) is 5.92 Å². The van der Waals surface area contributed by atoms with Gasteiger partial charge in [-0.1, -0.05) is 19.9 Å². The fourth-order valence-corrected chi connectivity index (χ4v) is 3.07. The van der Waals surface area contributed by atoms with E-state index in [4.69, 9.17) is 5.73 Å². The summed E-state index contributed by atoms with van der Waals surface area (Å²) in [7, 11) is 0. The first kappa shape index (κ1) is 14.8. The molecule has 6 heteroatoms. The van der Waals surface area contributed by atoms with Gasteiger partial charge in [-0.15, -0.1) is 0 Å². The molecule has 4 rings (SSSR count). The summed E-state index contributed by atoms with van der Waals surface area (Å²) in [6, 6.07) is 8.04. The Morgan fingerprint density at radius 1 is 1.17 bits per heavy atom. The summed E-state index contributed by atoms with van der Waals surface area (Å²) < 4.78 is 0. The van der Waals surface area contributed by atoms with Gasteiger partial charge in [-0.25, -0.2) is 15.0 Å².